The molecule has 1 heterocycles. The Morgan fingerprint density at radius 2 is 1.80 bits per heavy atom. The molecule has 2 aliphatic rings. The van der Waals surface area contributed by atoms with Gasteiger partial charge in [-0.1, -0.05) is 26.2 Å². The zero-order valence-corrected chi connectivity index (χ0v) is 12.3. The second-order valence-corrected chi connectivity index (χ2v) is 6.17. The van der Waals surface area contributed by atoms with Crippen LogP contribution in [0.5, 0.6) is 0 Å². The number of urea groups is 1. The molecule has 2 rings (SSSR count). The minimum Gasteiger partial charge on any atom is -0.480 e. The van der Waals surface area contributed by atoms with Gasteiger partial charge in [0.05, 0.1) is 0 Å². The number of hydrogen-bond donors (Lipinski definition) is 2. The van der Waals surface area contributed by atoms with Gasteiger partial charge in [-0.2, -0.15) is 0 Å². The second-order valence-electron chi connectivity index (χ2n) is 6.17. The molecule has 5 heteroatoms. The van der Waals surface area contributed by atoms with Crippen molar-refractivity contribution in [2.45, 2.75) is 57.9 Å². The van der Waals surface area contributed by atoms with Crippen molar-refractivity contribution in [2.24, 2.45) is 11.8 Å². The summed E-state index contributed by atoms with van der Waals surface area (Å²) in [4.78, 5) is 24.6. The van der Waals surface area contributed by atoms with Gasteiger partial charge in [0.15, 0.2) is 0 Å². The minimum atomic E-state index is -0.888. The summed E-state index contributed by atoms with van der Waals surface area (Å²) >= 11 is 0. The Labute approximate surface area is 120 Å². The monoisotopic (exact) mass is 282 g/mol. The first-order valence-corrected chi connectivity index (χ1v) is 7.89. The summed E-state index contributed by atoms with van der Waals surface area (Å²) in [7, 11) is 0. The predicted molar refractivity (Wildman–Crippen MR) is 76.5 cm³/mol. The maximum Gasteiger partial charge on any atom is 0.326 e. The molecule has 2 N–H and O–H groups in total. The summed E-state index contributed by atoms with van der Waals surface area (Å²) in [6, 6.07) is -0.835. The smallest absolute Gasteiger partial charge is 0.326 e. The molecule has 1 saturated heterocycles. The Kier molecular flexibility index (Phi) is 5.26. The average molecular weight is 282 g/mol. The van der Waals surface area contributed by atoms with Crippen LogP contribution in [-0.2, 0) is 4.79 Å². The van der Waals surface area contributed by atoms with Crippen molar-refractivity contribution in [2.75, 3.05) is 13.1 Å². The van der Waals surface area contributed by atoms with Crippen molar-refractivity contribution in [3.8, 4) is 0 Å². The first kappa shape index (κ1) is 15.1. The number of carbonyl (C=O) groups is 2. The quantitative estimate of drug-likeness (QED) is 0.832. The van der Waals surface area contributed by atoms with Gasteiger partial charge in [-0.25, -0.2) is 9.59 Å². The largest absolute Gasteiger partial charge is 0.480 e. The molecule has 1 unspecified atom stereocenters. The van der Waals surface area contributed by atoms with Crippen molar-refractivity contribution >= 4 is 12.0 Å². The van der Waals surface area contributed by atoms with Gasteiger partial charge in [0.25, 0.3) is 0 Å². The highest BCUT2D eigenvalue weighted by Gasteiger charge is 2.34. The van der Waals surface area contributed by atoms with E-state index in [1.807, 2.05) is 0 Å². The molecule has 0 bridgehead atoms. The van der Waals surface area contributed by atoms with Gasteiger partial charge in [0.1, 0.15) is 6.04 Å². The highest BCUT2D eigenvalue weighted by atomic mass is 16.4. The molecule has 0 aromatic carbocycles. The Morgan fingerprint density at radius 3 is 2.40 bits per heavy atom. The molecule has 2 fully saturated rings. The third kappa shape index (κ3) is 3.64. The molecule has 2 amide bonds. The van der Waals surface area contributed by atoms with Crippen LogP contribution in [0.1, 0.15) is 51.9 Å². The lowest BCUT2D eigenvalue weighted by molar-refractivity contribution is -0.141. The number of carboxylic acid groups (broad SMARTS) is 1. The van der Waals surface area contributed by atoms with Crippen molar-refractivity contribution in [3.63, 3.8) is 0 Å². The fraction of sp³-hybridized carbons (Fsp3) is 0.867. The molecule has 1 aliphatic carbocycles. The highest BCUT2D eigenvalue weighted by molar-refractivity contribution is 5.83. The van der Waals surface area contributed by atoms with Crippen LogP contribution in [0.25, 0.3) is 0 Å². The first-order chi connectivity index (χ1) is 9.61. The predicted octanol–water partition coefficient (Wildman–Crippen LogP) is 2.46. The molecule has 114 valence electrons. The molecular formula is C15H26N2O3. The van der Waals surface area contributed by atoms with E-state index in [1.165, 1.54) is 37.0 Å². The summed E-state index contributed by atoms with van der Waals surface area (Å²) in [5, 5.41) is 12.0. The average Bonchev–Trinajstić information content (AvgIpc) is 2.95. The molecule has 0 radical (unpaired) electrons. The van der Waals surface area contributed by atoms with Gasteiger partial charge in [0, 0.05) is 13.1 Å². The summed E-state index contributed by atoms with van der Waals surface area (Å²) < 4.78 is 0. The van der Waals surface area contributed by atoms with Crippen molar-refractivity contribution in [1.29, 1.82) is 0 Å². The third-order valence-corrected chi connectivity index (χ3v) is 4.88. The maximum absolute atomic E-state index is 12.1. The van der Waals surface area contributed by atoms with Crippen LogP contribution >= 0.6 is 0 Å². The topological polar surface area (TPSA) is 69.6 Å². The molecule has 20 heavy (non-hydrogen) atoms. The van der Waals surface area contributed by atoms with Crippen molar-refractivity contribution in [3.05, 3.63) is 0 Å². The number of hydrogen-bond acceptors (Lipinski definition) is 2. The lowest BCUT2D eigenvalue weighted by Crippen LogP contribution is -2.47. The standard InChI is InChI=1S/C15H26N2O3/c1-2-11-5-7-12(8-6-11)10-16-15(20)17-9-3-4-13(17)14(18)19/h11-13H,2-10H2,1H3,(H,16,20)(H,18,19). The number of carbonyl (C=O) groups excluding carboxylic acids is 1. The van der Waals surface area contributed by atoms with Crippen molar-refractivity contribution in [1.82, 2.24) is 10.2 Å². The summed E-state index contributed by atoms with van der Waals surface area (Å²) in [6.07, 6.45) is 7.50. The first-order valence-electron chi connectivity index (χ1n) is 7.89. The van der Waals surface area contributed by atoms with E-state index < -0.39 is 12.0 Å². The number of rotatable bonds is 4. The van der Waals surface area contributed by atoms with E-state index in [-0.39, 0.29) is 6.03 Å². The van der Waals surface area contributed by atoms with E-state index in [1.54, 1.807) is 0 Å². The fourth-order valence-corrected chi connectivity index (χ4v) is 3.44. The fourth-order valence-electron chi connectivity index (χ4n) is 3.44. The summed E-state index contributed by atoms with van der Waals surface area (Å²) in [6.45, 7) is 3.50. The van der Waals surface area contributed by atoms with E-state index >= 15 is 0 Å². The van der Waals surface area contributed by atoms with E-state index in [0.29, 0.717) is 25.4 Å². The lowest BCUT2D eigenvalue weighted by Gasteiger charge is -2.29. The molecule has 1 saturated carbocycles. The van der Waals surface area contributed by atoms with Crippen LogP contribution in [0.2, 0.25) is 0 Å². The van der Waals surface area contributed by atoms with E-state index in [9.17, 15) is 9.59 Å². The van der Waals surface area contributed by atoms with Crippen LogP contribution in [0.15, 0.2) is 0 Å². The van der Waals surface area contributed by atoms with E-state index in [4.69, 9.17) is 5.11 Å². The van der Waals surface area contributed by atoms with Crippen LogP contribution in [0.3, 0.4) is 0 Å². The molecule has 0 aromatic rings. The number of carboxylic acids is 1. The number of nitrogens with zero attached hydrogens (tertiary/aromatic N) is 1. The SMILES string of the molecule is CCC1CCC(CNC(=O)N2CCCC2C(=O)O)CC1. The molecule has 5 nitrogen and oxygen atoms in total. The third-order valence-electron chi connectivity index (χ3n) is 4.88. The molecule has 0 spiro atoms. The van der Waals surface area contributed by atoms with Gasteiger partial charge in [-0.15, -0.1) is 0 Å². The van der Waals surface area contributed by atoms with Crippen LogP contribution in [-0.4, -0.2) is 41.1 Å². The van der Waals surface area contributed by atoms with Crippen LogP contribution in [0, 0.1) is 11.8 Å². The second kappa shape index (κ2) is 6.95. The number of likely N-dealkylation sites (tertiary alicyclic amines) is 1. The van der Waals surface area contributed by atoms with Gasteiger partial charge < -0.3 is 15.3 Å². The number of nitrogens with one attached hydrogen (secondary N) is 1. The van der Waals surface area contributed by atoms with Gasteiger partial charge in [-0.3, -0.25) is 0 Å². The van der Waals surface area contributed by atoms with E-state index in [0.717, 1.165) is 12.3 Å². The van der Waals surface area contributed by atoms with E-state index in [2.05, 4.69) is 12.2 Å². The Hall–Kier alpha value is -1.26. The summed E-state index contributed by atoms with van der Waals surface area (Å²) in [5.74, 6) is 0.533. The zero-order valence-electron chi connectivity index (χ0n) is 12.3. The molecule has 1 atom stereocenters. The number of aliphatic carboxylic acids is 1. The van der Waals surface area contributed by atoms with Crippen molar-refractivity contribution < 1.29 is 14.7 Å². The van der Waals surface area contributed by atoms with Gasteiger partial charge >= 0.3 is 12.0 Å². The molecule has 0 aromatic heterocycles. The Morgan fingerprint density at radius 1 is 1.15 bits per heavy atom. The van der Waals surface area contributed by atoms with Gasteiger partial charge in [0.2, 0.25) is 0 Å². The highest BCUT2D eigenvalue weighted by Crippen LogP contribution is 2.30. The molecule has 1 aliphatic heterocycles. The number of amides is 2. The Balaban J connectivity index is 1.74. The normalized spacial score (nSPS) is 30.2. The minimum absolute atomic E-state index is 0.201. The Bertz CT molecular complexity index is 351. The van der Waals surface area contributed by atoms with Gasteiger partial charge in [-0.05, 0) is 37.5 Å². The summed E-state index contributed by atoms with van der Waals surface area (Å²) in [5.41, 5.74) is 0. The lowest BCUT2D eigenvalue weighted by atomic mass is 9.81. The molecular weight excluding hydrogens is 256 g/mol. The maximum atomic E-state index is 12.1. The van der Waals surface area contributed by atoms with Crippen LogP contribution < -0.4 is 5.32 Å². The van der Waals surface area contributed by atoms with Crippen LogP contribution in [0.4, 0.5) is 4.79 Å². The zero-order chi connectivity index (χ0) is 14.5.